The summed E-state index contributed by atoms with van der Waals surface area (Å²) in [6.07, 6.45) is 11.9. The molecule has 1 aliphatic carbocycles. The van der Waals surface area contributed by atoms with Crippen molar-refractivity contribution in [1.29, 1.82) is 0 Å². The van der Waals surface area contributed by atoms with Crippen LogP contribution in [0.1, 0.15) is 58.3 Å². The molecule has 3 unspecified atom stereocenters. The molecule has 20 heavy (non-hydrogen) atoms. The van der Waals surface area contributed by atoms with Gasteiger partial charge in [-0.05, 0) is 31.9 Å². The minimum atomic E-state index is -0.365. The van der Waals surface area contributed by atoms with Crippen LogP contribution in [0.5, 0.6) is 0 Å². The van der Waals surface area contributed by atoms with Crippen molar-refractivity contribution >= 4 is 11.8 Å². The van der Waals surface area contributed by atoms with E-state index >= 15 is 0 Å². The lowest BCUT2D eigenvalue weighted by molar-refractivity contribution is 0.0335. The minimum absolute atomic E-state index is 0.365. The highest BCUT2D eigenvalue weighted by Gasteiger charge is 2.21. The molecule has 3 nitrogen and oxygen atoms in total. The van der Waals surface area contributed by atoms with Crippen molar-refractivity contribution in [3.05, 3.63) is 0 Å². The summed E-state index contributed by atoms with van der Waals surface area (Å²) in [5.74, 6) is 0. The average Bonchev–Trinajstić information content (AvgIpc) is 2.49. The van der Waals surface area contributed by atoms with Gasteiger partial charge in [-0.2, -0.15) is 11.8 Å². The van der Waals surface area contributed by atoms with Crippen molar-refractivity contribution in [1.82, 2.24) is 5.32 Å². The SMILES string of the molecule is CCCCCCOCC(O)CNC1CCCC(SC)C1. The third kappa shape index (κ3) is 8.50. The number of aliphatic hydroxyl groups is 1. The lowest BCUT2D eigenvalue weighted by Crippen LogP contribution is -2.40. The third-order valence-electron chi connectivity index (χ3n) is 4.05. The lowest BCUT2D eigenvalue weighted by Gasteiger charge is -2.29. The van der Waals surface area contributed by atoms with Crippen molar-refractivity contribution in [2.24, 2.45) is 0 Å². The molecule has 0 aromatic heterocycles. The Bertz CT molecular complexity index is 229. The smallest absolute Gasteiger partial charge is 0.0897 e. The fourth-order valence-electron chi connectivity index (χ4n) is 2.76. The van der Waals surface area contributed by atoms with Gasteiger partial charge in [0.15, 0.2) is 0 Å². The van der Waals surface area contributed by atoms with Crippen LogP contribution in [0.25, 0.3) is 0 Å². The van der Waals surface area contributed by atoms with E-state index in [0.29, 0.717) is 19.2 Å². The van der Waals surface area contributed by atoms with Gasteiger partial charge in [0.2, 0.25) is 0 Å². The van der Waals surface area contributed by atoms with E-state index in [9.17, 15) is 5.11 Å². The summed E-state index contributed by atoms with van der Waals surface area (Å²) >= 11 is 1.98. The molecule has 0 aromatic rings. The van der Waals surface area contributed by atoms with Gasteiger partial charge in [-0.25, -0.2) is 0 Å². The van der Waals surface area contributed by atoms with Gasteiger partial charge in [-0.3, -0.25) is 0 Å². The highest BCUT2D eigenvalue weighted by atomic mass is 32.2. The van der Waals surface area contributed by atoms with E-state index in [1.165, 1.54) is 44.9 Å². The van der Waals surface area contributed by atoms with E-state index in [2.05, 4.69) is 18.5 Å². The van der Waals surface area contributed by atoms with Crippen molar-refractivity contribution in [2.75, 3.05) is 26.0 Å². The molecule has 1 fully saturated rings. The summed E-state index contributed by atoms with van der Waals surface area (Å²) in [5.41, 5.74) is 0. The summed E-state index contributed by atoms with van der Waals surface area (Å²) in [5, 5.41) is 14.2. The first-order chi connectivity index (χ1) is 9.76. The lowest BCUT2D eigenvalue weighted by atomic mass is 9.95. The van der Waals surface area contributed by atoms with Crippen LogP contribution in [0.2, 0.25) is 0 Å². The predicted octanol–water partition coefficient (Wildman–Crippen LogP) is 3.21. The number of aliphatic hydroxyl groups excluding tert-OH is 1. The Morgan fingerprint density at radius 3 is 2.90 bits per heavy atom. The van der Waals surface area contributed by atoms with Crippen LogP contribution in [0.15, 0.2) is 0 Å². The fraction of sp³-hybridized carbons (Fsp3) is 1.00. The molecule has 1 saturated carbocycles. The molecule has 0 aromatic carbocycles. The average molecular weight is 304 g/mol. The van der Waals surface area contributed by atoms with E-state index in [1.54, 1.807) is 0 Å². The molecule has 3 atom stereocenters. The van der Waals surface area contributed by atoms with Crippen molar-refractivity contribution in [3.63, 3.8) is 0 Å². The first-order valence-corrected chi connectivity index (χ1v) is 9.57. The van der Waals surface area contributed by atoms with Gasteiger partial charge in [-0.1, -0.05) is 32.6 Å². The van der Waals surface area contributed by atoms with Crippen molar-refractivity contribution < 1.29 is 9.84 Å². The van der Waals surface area contributed by atoms with Gasteiger partial charge in [0.1, 0.15) is 0 Å². The summed E-state index contributed by atoms with van der Waals surface area (Å²) in [7, 11) is 0. The number of ether oxygens (including phenoxy) is 1. The molecule has 0 spiro atoms. The number of rotatable bonds is 11. The summed E-state index contributed by atoms with van der Waals surface area (Å²) in [6.45, 7) is 4.14. The molecule has 0 radical (unpaired) electrons. The van der Waals surface area contributed by atoms with Gasteiger partial charge in [0.25, 0.3) is 0 Å². The zero-order valence-corrected chi connectivity index (χ0v) is 14.1. The Balaban J connectivity index is 1.97. The highest BCUT2D eigenvalue weighted by Crippen LogP contribution is 2.26. The van der Waals surface area contributed by atoms with E-state index in [1.807, 2.05) is 11.8 Å². The monoisotopic (exact) mass is 303 g/mol. The Morgan fingerprint density at radius 2 is 2.15 bits per heavy atom. The zero-order chi connectivity index (χ0) is 14.6. The maximum Gasteiger partial charge on any atom is 0.0897 e. The second kappa shape index (κ2) is 11.8. The van der Waals surface area contributed by atoms with Crippen LogP contribution < -0.4 is 5.32 Å². The highest BCUT2D eigenvalue weighted by molar-refractivity contribution is 7.99. The van der Waals surface area contributed by atoms with E-state index < -0.39 is 0 Å². The maximum atomic E-state index is 9.91. The van der Waals surface area contributed by atoms with Gasteiger partial charge in [0, 0.05) is 24.4 Å². The number of unbranched alkanes of at least 4 members (excludes halogenated alkanes) is 3. The van der Waals surface area contributed by atoms with Gasteiger partial charge in [-0.15, -0.1) is 0 Å². The molecule has 2 N–H and O–H groups in total. The second-order valence-electron chi connectivity index (χ2n) is 5.92. The first kappa shape index (κ1) is 18.3. The summed E-state index contributed by atoms with van der Waals surface area (Å²) < 4.78 is 5.53. The molecular weight excluding hydrogens is 270 g/mol. The van der Waals surface area contributed by atoms with Crippen LogP contribution in [-0.4, -0.2) is 48.5 Å². The topological polar surface area (TPSA) is 41.5 Å². The zero-order valence-electron chi connectivity index (χ0n) is 13.3. The molecule has 0 amide bonds. The fourth-order valence-corrected chi connectivity index (χ4v) is 3.58. The molecule has 1 rings (SSSR count). The molecule has 0 heterocycles. The van der Waals surface area contributed by atoms with E-state index in [4.69, 9.17) is 4.74 Å². The summed E-state index contributed by atoms with van der Waals surface area (Å²) in [4.78, 5) is 0. The quantitative estimate of drug-likeness (QED) is 0.575. The molecular formula is C16H33NO2S. The number of hydrogen-bond acceptors (Lipinski definition) is 4. The van der Waals surface area contributed by atoms with Crippen LogP contribution in [0, 0.1) is 0 Å². The van der Waals surface area contributed by atoms with E-state index in [-0.39, 0.29) is 6.10 Å². The summed E-state index contributed by atoms with van der Waals surface area (Å²) in [6, 6.07) is 0.584. The second-order valence-corrected chi connectivity index (χ2v) is 7.06. The van der Waals surface area contributed by atoms with Gasteiger partial charge >= 0.3 is 0 Å². The van der Waals surface area contributed by atoms with Crippen LogP contribution in [-0.2, 0) is 4.74 Å². The normalized spacial score (nSPS) is 24.8. The molecule has 0 aliphatic heterocycles. The minimum Gasteiger partial charge on any atom is -0.389 e. The van der Waals surface area contributed by atoms with Crippen LogP contribution in [0.4, 0.5) is 0 Å². The van der Waals surface area contributed by atoms with Crippen LogP contribution >= 0.6 is 11.8 Å². The Hall–Kier alpha value is 0.230. The van der Waals surface area contributed by atoms with Gasteiger partial charge in [0.05, 0.1) is 12.7 Å². The standard InChI is InChI=1S/C16H33NO2S/c1-3-4-5-6-10-19-13-15(18)12-17-14-8-7-9-16(11-14)20-2/h14-18H,3-13H2,1-2H3. The molecule has 0 saturated heterocycles. The Kier molecular flexibility index (Phi) is 10.8. The van der Waals surface area contributed by atoms with Crippen molar-refractivity contribution in [2.45, 2.75) is 75.7 Å². The maximum absolute atomic E-state index is 9.91. The third-order valence-corrected chi connectivity index (χ3v) is 5.15. The van der Waals surface area contributed by atoms with Crippen molar-refractivity contribution in [3.8, 4) is 0 Å². The molecule has 0 bridgehead atoms. The Morgan fingerprint density at radius 1 is 1.30 bits per heavy atom. The number of nitrogens with one attached hydrogen (secondary N) is 1. The van der Waals surface area contributed by atoms with E-state index in [0.717, 1.165) is 18.3 Å². The molecule has 120 valence electrons. The molecule has 4 heteroatoms. The van der Waals surface area contributed by atoms with Crippen LogP contribution in [0.3, 0.4) is 0 Å². The molecule has 1 aliphatic rings. The Labute approximate surface area is 129 Å². The number of hydrogen-bond donors (Lipinski definition) is 2. The predicted molar refractivity (Wildman–Crippen MR) is 88.5 cm³/mol. The number of thioether (sulfide) groups is 1. The van der Waals surface area contributed by atoms with Gasteiger partial charge < -0.3 is 15.2 Å². The first-order valence-electron chi connectivity index (χ1n) is 8.28. The largest absolute Gasteiger partial charge is 0.389 e.